The minimum Gasteiger partial charge on any atom is -0.497 e. The number of carbonyl (C=O) groups excluding carboxylic acids is 2. The van der Waals surface area contributed by atoms with Crippen LogP contribution in [0.1, 0.15) is 16.2 Å². The Balaban J connectivity index is 1.53. The van der Waals surface area contributed by atoms with Crippen molar-refractivity contribution in [1.29, 1.82) is 0 Å². The van der Waals surface area contributed by atoms with Crippen LogP contribution in [0.3, 0.4) is 0 Å². The van der Waals surface area contributed by atoms with Crippen LogP contribution in [-0.2, 0) is 11.3 Å². The monoisotopic (exact) mass is 488 g/mol. The summed E-state index contributed by atoms with van der Waals surface area (Å²) in [6, 6.07) is 10.1. The largest absolute Gasteiger partial charge is 0.497 e. The van der Waals surface area contributed by atoms with E-state index in [4.69, 9.17) is 23.4 Å². The van der Waals surface area contributed by atoms with Crippen LogP contribution in [0.25, 0.3) is 0 Å². The number of hydrogen-bond acceptors (Lipinski definition) is 10. The summed E-state index contributed by atoms with van der Waals surface area (Å²) in [5.41, 5.74) is 0.920. The summed E-state index contributed by atoms with van der Waals surface area (Å²) in [6.45, 7) is -0.000933. The number of thioether (sulfide) groups is 1. The molecule has 180 valence electrons. The number of anilines is 1. The van der Waals surface area contributed by atoms with Gasteiger partial charge < -0.3 is 34.0 Å². The highest BCUT2D eigenvalue weighted by molar-refractivity contribution is 7.99. The van der Waals surface area contributed by atoms with Crippen LogP contribution >= 0.6 is 11.8 Å². The first-order valence-corrected chi connectivity index (χ1v) is 10.9. The molecule has 1 aromatic heterocycles. The van der Waals surface area contributed by atoms with Crippen LogP contribution in [0.2, 0.25) is 0 Å². The Kier molecular flexibility index (Phi) is 8.57. The molecule has 3 aromatic rings. The topological polar surface area (TPSA) is 134 Å². The van der Waals surface area contributed by atoms with Crippen LogP contribution in [0.5, 0.6) is 23.0 Å². The molecule has 11 nitrogen and oxygen atoms in total. The summed E-state index contributed by atoms with van der Waals surface area (Å²) >= 11 is 1.08. The molecule has 2 aromatic carbocycles. The molecular weight excluding hydrogens is 464 g/mol. The number of rotatable bonds is 11. The minimum atomic E-state index is -0.399. The van der Waals surface area contributed by atoms with Crippen LogP contribution < -0.4 is 29.6 Å². The Morgan fingerprint density at radius 1 is 0.971 bits per heavy atom. The molecule has 0 aliphatic rings. The molecule has 0 radical (unpaired) electrons. The second kappa shape index (κ2) is 11.8. The number of methoxy groups -OCH3 is 4. The fourth-order valence-corrected chi connectivity index (χ4v) is 3.44. The molecule has 12 heteroatoms. The molecular formula is C22H24N4O7S. The number of carbonyl (C=O) groups is 2. The SMILES string of the molecule is COc1cccc(NC(=O)CSc2nnc(CNC(=O)c3cc(OC)c(OC)c(OC)c3)o2)c1. The second-order valence-electron chi connectivity index (χ2n) is 6.63. The highest BCUT2D eigenvalue weighted by Crippen LogP contribution is 2.38. The van der Waals surface area contributed by atoms with Crippen molar-refractivity contribution in [2.45, 2.75) is 11.8 Å². The van der Waals surface area contributed by atoms with E-state index in [-0.39, 0.29) is 29.3 Å². The van der Waals surface area contributed by atoms with E-state index in [1.54, 1.807) is 31.4 Å². The Bertz CT molecular complexity index is 1130. The number of ether oxygens (including phenoxy) is 4. The first-order chi connectivity index (χ1) is 16.5. The number of nitrogens with zero attached hydrogens (tertiary/aromatic N) is 2. The van der Waals surface area contributed by atoms with Crippen molar-refractivity contribution < 1.29 is 33.0 Å². The maximum atomic E-state index is 12.6. The molecule has 0 spiro atoms. The lowest BCUT2D eigenvalue weighted by molar-refractivity contribution is -0.113. The summed E-state index contributed by atoms with van der Waals surface area (Å²) in [4.78, 5) is 24.7. The number of amides is 2. The zero-order valence-electron chi connectivity index (χ0n) is 19.0. The van der Waals surface area contributed by atoms with E-state index in [9.17, 15) is 9.59 Å². The summed E-state index contributed by atoms with van der Waals surface area (Å²) < 4.78 is 26.4. The van der Waals surface area contributed by atoms with Gasteiger partial charge in [-0.3, -0.25) is 9.59 Å². The Morgan fingerprint density at radius 2 is 1.71 bits per heavy atom. The van der Waals surface area contributed by atoms with Crippen molar-refractivity contribution in [1.82, 2.24) is 15.5 Å². The molecule has 2 N–H and O–H groups in total. The maximum absolute atomic E-state index is 12.6. The van der Waals surface area contributed by atoms with Gasteiger partial charge >= 0.3 is 0 Å². The van der Waals surface area contributed by atoms with Gasteiger partial charge in [-0.1, -0.05) is 17.8 Å². The molecule has 3 rings (SSSR count). The molecule has 0 bridgehead atoms. The number of nitrogens with one attached hydrogen (secondary N) is 2. The molecule has 0 atom stereocenters. The molecule has 0 saturated heterocycles. The molecule has 0 unspecified atom stereocenters. The van der Waals surface area contributed by atoms with Gasteiger partial charge in [0.2, 0.25) is 17.5 Å². The average molecular weight is 489 g/mol. The van der Waals surface area contributed by atoms with Crippen molar-refractivity contribution in [3.8, 4) is 23.0 Å². The predicted molar refractivity (Wildman–Crippen MR) is 124 cm³/mol. The number of benzene rings is 2. The lowest BCUT2D eigenvalue weighted by atomic mass is 10.1. The Morgan fingerprint density at radius 3 is 2.35 bits per heavy atom. The summed E-state index contributed by atoms with van der Waals surface area (Å²) in [7, 11) is 5.96. The van der Waals surface area contributed by atoms with Crippen molar-refractivity contribution in [3.63, 3.8) is 0 Å². The van der Waals surface area contributed by atoms with E-state index in [1.807, 2.05) is 0 Å². The van der Waals surface area contributed by atoms with Gasteiger partial charge in [-0.2, -0.15) is 0 Å². The molecule has 0 fully saturated rings. The van der Waals surface area contributed by atoms with Gasteiger partial charge in [-0.05, 0) is 24.3 Å². The first kappa shape index (κ1) is 24.7. The third-order valence-electron chi connectivity index (χ3n) is 4.46. The normalized spacial score (nSPS) is 10.4. The van der Waals surface area contributed by atoms with Crippen molar-refractivity contribution in [2.75, 3.05) is 39.5 Å². The predicted octanol–water partition coefficient (Wildman–Crippen LogP) is 2.76. The molecule has 0 saturated carbocycles. The quantitative estimate of drug-likeness (QED) is 0.388. The van der Waals surface area contributed by atoms with E-state index < -0.39 is 5.91 Å². The number of hydrogen-bond donors (Lipinski definition) is 2. The van der Waals surface area contributed by atoms with Gasteiger partial charge in [0.25, 0.3) is 11.1 Å². The van der Waals surface area contributed by atoms with Crippen LogP contribution in [0.15, 0.2) is 46.0 Å². The molecule has 0 aliphatic carbocycles. The zero-order valence-corrected chi connectivity index (χ0v) is 19.9. The minimum absolute atomic E-state index is 0.000933. The summed E-state index contributed by atoms with van der Waals surface area (Å²) in [6.07, 6.45) is 0. The maximum Gasteiger partial charge on any atom is 0.277 e. The van der Waals surface area contributed by atoms with Crippen LogP contribution in [-0.4, -0.2) is 56.2 Å². The smallest absolute Gasteiger partial charge is 0.277 e. The van der Waals surface area contributed by atoms with Crippen LogP contribution in [0, 0.1) is 0 Å². The fraction of sp³-hybridized carbons (Fsp3) is 0.273. The average Bonchev–Trinajstić information content (AvgIpc) is 3.33. The van der Waals surface area contributed by atoms with E-state index in [0.717, 1.165) is 11.8 Å². The Labute approximate surface area is 200 Å². The van der Waals surface area contributed by atoms with Crippen molar-refractivity contribution in [2.24, 2.45) is 0 Å². The van der Waals surface area contributed by atoms with Gasteiger partial charge in [-0.25, -0.2) is 0 Å². The fourth-order valence-electron chi connectivity index (χ4n) is 2.86. The highest BCUT2D eigenvalue weighted by Gasteiger charge is 2.18. The van der Waals surface area contributed by atoms with E-state index in [2.05, 4.69) is 20.8 Å². The third-order valence-corrected chi connectivity index (χ3v) is 5.27. The lowest BCUT2D eigenvalue weighted by Gasteiger charge is -2.13. The molecule has 1 heterocycles. The molecule has 34 heavy (non-hydrogen) atoms. The van der Waals surface area contributed by atoms with Gasteiger partial charge in [0.15, 0.2) is 11.5 Å². The summed E-state index contributed by atoms with van der Waals surface area (Å²) in [5, 5.41) is 13.4. The molecule has 0 aliphatic heterocycles. The third kappa shape index (κ3) is 6.32. The van der Waals surface area contributed by atoms with Gasteiger partial charge in [0.05, 0.1) is 40.7 Å². The second-order valence-corrected chi connectivity index (χ2v) is 7.55. The lowest BCUT2D eigenvalue weighted by Crippen LogP contribution is -2.23. The standard InChI is InChI=1S/C22H24N4O7S/c1-29-15-7-5-6-14(10-15)24-18(27)12-34-22-26-25-19(33-22)11-23-21(28)13-8-16(30-2)20(32-4)17(9-13)31-3/h5-10H,11-12H2,1-4H3,(H,23,28)(H,24,27). The van der Waals surface area contributed by atoms with Crippen molar-refractivity contribution in [3.05, 3.63) is 47.9 Å². The zero-order chi connectivity index (χ0) is 24.5. The van der Waals surface area contributed by atoms with E-state index in [0.29, 0.717) is 34.2 Å². The molecule has 2 amide bonds. The van der Waals surface area contributed by atoms with Gasteiger partial charge in [-0.15, -0.1) is 10.2 Å². The van der Waals surface area contributed by atoms with Crippen LogP contribution in [0.4, 0.5) is 5.69 Å². The summed E-state index contributed by atoms with van der Waals surface area (Å²) in [5.74, 6) is 1.36. The van der Waals surface area contributed by atoms with Gasteiger partial charge in [0.1, 0.15) is 5.75 Å². The highest BCUT2D eigenvalue weighted by atomic mass is 32.2. The van der Waals surface area contributed by atoms with E-state index in [1.165, 1.54) is 33.5 Å². The number of aromatic nitrogens is 2. The first-order valence-electron chi connectivity index (χ1n) is 9.94. The Hall–Kier alpha value is -3.93. The van der Waals surface area contributed by atoms with E-state index >= 15 is 0 Å². The van der Waals surface area contributed by atoms with Gasteiger partial charge in [0, 0.05) is 17.3 Å². The van der Waals surface area contributed by atoms with Crippen molar-refractivity contribution >= 4 is 29.3 Å².